The van der Waals surface area contributed by atoms with Crippen LogP contribution in [0.25, 0.3) is 5.57 Å². The van der Waals surface area contributed by atoms with E-state index in [-0.39, 0.29) is 41.3 Å². The van der Waals surface area contributed by atoms with Gasteiger partial charge in [-0.05, 0) is 42.0 Å². The average molecular weight is 388 g/mol. The molecule has 0 spiro atoms. The monoisotopic (exact) mass is 388 g/mol. The van der Waals surface area contributed by atoms with Gasteiger partial charge in [0.1, 0.15) is 11.6 Å². The van der Waals surface area contributed by atoms with E-state index in [0.717, 1.165) is 36.0 Å². The molecule has 0 aromatic heterocycles. The third-order valence-electron chi connectivity index (χ3n) is 4.21. The Morgan fingerprint density at radius 3 is 2.53 bits per heavy atom. The van der Waals surface area contributed by atoms with Crippen LogP contribution in [0.15, 0.2) is 24.3 Å². The second-order valence-corrected chi connectivity index (χ2v) is 5.41. The summed E-state index contributed by atoms with van der Waals surface area (Å²) in [5.74, 6) is 0.390. The number of rotatable bonds is 1. The Hall–Kier alpha value is 0.184. The van der Waals surface area contributed by atoms with Crippen LogP contribution in [0.4, 0.5) is 8.78 Å². The topological polar surface area (TPSA) is 0 Å². The molecule has 1 aromatic rings. The molecule has 1 aromatic carbocycles. The quantitative estimate of drug-likeness (QED) is 0.609. The molecule has 0 bridgehead atoms. The van der Waals surface area contributed by atoms with Crippen molar-refractivity contribution in [3.8, 4) is 0 Å². The summed E-state index contributed by atoms with van der Waals surface area (Å²) < 4.78 is 26.5. The molecule has 1 saturated carbocycles. The Labute approximate surface area is 146 Å². The zero-order valence-corrected chi connectivity index (χ0v) is 14.6. The van der Waals surface area contributed by atoms with Gasteiger partial charge in [0.05, 0.1) is 0 Å². The molecule has 2 aliphatic rings. The number of hydrogen-bond acceptors (Lipinski definition) is 0. The van der Waals surface area contributed by atoms with Gasteiger partial charge in [0.25, 0.3) is 0 Å². The van der Waals surface area contributed by atoms with Crippen LogP contribution < -0.4 is 0 Å². The maximum atomic E-state index is 13.2. The molecule has 19 heavy (non-hydrogen) atoms. The predicted octanol–water partition coefficient (Wildman–Crippen LogP) is 4.76. The minimum atomic E-state index is -0.481. The largest absolute Gasteiger partial charge is 0.328 e. The second-order valence-electron chi connectivity index (χ2n) is 5.41. The molecular formula is C16H17F2Pr-. The van der Waals surface area contributed by atoms with Crippen molar-refractivity contribution in [2.24, 2.45) is 11.8 Å². The molecule has 3 heteroatoms. The molecule has 0 saturated heterocycles. The number of benzene rings is 1. The standard InChI is InChI=1S/C16H17F2.Pr/c17-15-8-14(9-16(18)10-15)13-6-5-11-3-1-2-4-12(11)7-13;/h1,7-12H,2-6H2;/q-1;. The van der Waals surface area contributed by atoms with Crippen LogP contribution in [0.1, 0.15) is 37.7 Å². The van der Waals surface area contributed by atoms with Gasteiger partial charge in [-0.15, -0.1) is 0 Å². The summed E-state index contributed by atoms with van der Waals surface area (Å²) in [6, 6.07) is 3.83. The summed E-state index contributed by atoms with van der Waals surface area (Å²) in [6.07, 6.45) is 10.3. The number of fused-ring (bicyclic) bond motifs is 1. The van der Waals surface area contributed by atoms with Crippen LogP contribution in [-0.4, -0.2) is 0 Å². The number of halogens is 2. The van der Waals surface area contributed by atoms with Gasteiger partial charge in [-0.3, -0.25) is 0 Å². The molecule has 0 N–H and O–H groups in total. The van der Waals surface area contributed by atoms with Crippen molar-refractivity contribution in [3.63, 3.8) is 0 Å². The van der Waals surface area contributed by atoms with Crippen molar-refractivity contribution in [2.45, 2.75) is 32.1 Å². The summed E-state index contributed by atoms with van der Waals surface area (Å²) in [6.45, 7) is 0. The van der Waals surface area contributed by atoms with Crippen LogP contribution in [0.2, 0.25) is 0 Å². The van der Waals surface area contributed by atoms with Crippen molar-refractivity contribution in [1.82, 2.24) is 0 Å². The SMILES string of the molecule is Fc1cc(F)cc(C2=CC3CC[CH-]CC3CC2)c1.[Pr]. The predicted molar refractivity (Wildman–Crippen MR) is 68.7 cm³/mol. The summed E-state index contributed by atoms with van der Waals surface area (Å²) >= 11 is 0. The van der Waals surface area contributed by atoms with E-state index in [2.05, 4.69) is 12.5 Å². The average Bonchev–Trinajstić information content (AvgIpc) is 2.37. The smallest absolute Gasteiger partial charge is 0.126 e. The molecule has 2 unspecified atom stereocenters. The summed E-state index contributed by atoms with van der Waals surface area (Å²) in [5.41, 5.74) is 1.84. The first kappa shape index (κ1) is 15.6. The molecule has 0 aliphatic heterocycles. The zero-order chi connectivity index (χ0) is 12.5. The van der Waals surface area contributed by atoms with Crippen LogP contribution >= 0.6 is 0 Å². The molecular weight excluding hydrogens is 371 g/mol. The van der Waals surface area contributed by atoms with Crippen molar-refractivity contribution in [3.05, 3.63) is 47.9 Å². The molecule has 2 aliphatic carbocycles. The normalized spacial score (nSPS) is 26.1. The van der Waals surface area contributed by atoms with Gasteiger partial charge in [-0.1, -0.05) is 18.4 Å². The van der Waals surface area contributed by atoms with Crippen LogP contribution in [-0.2, 0) is 0 Å². The minimum absolute atomic E-state index is 0. The second kappa shape index (κ2) is 6.76. The van der Waals surface area contributed by atoms with Gasteiger partial charge in [0.15, 0.2) is 0 Å². The first-order valence-corrected chi connectivity index (χ1v) is 6.71. The molecule has 0 heterocycles. The molecule has 99 valence electrons. The summed E-state index contributed by atoms with van der Waals surface area (Å²) in [5, 5.41) is 0. The summed E-state index contributed by atoms with van der Waals surface area (Å²) in [7, 11) is 0. The first-order chi connectivity index (χ1) is 8.72. The molecule has 1 radical (unpaired) electrons. The van der Waals surface area contributed by atoms with E-state index in [1.54, 1.807) is 0 Å². The van der Waals surface area contributed by atoms with Crippen LogP contribution in [0.5, 0.6) is 0 Å². The molecule has 2 atom stereocenters. The van der Waals surface area contributed by atoms with Gasteiger partial charge >= 0.3 is 0 Å². The first-order valence-electron chi connectivity index (χ1n) is 6.71. The Morgan fingerprint density at radius 2 is 1.79 bits per heavy atom. The van der Waals surface area contributed by atoms with E-state index in [1.807, 2.05) is 0 Å². The molecule has 0 nitrogen and oxygen atoms in total. The van der Waals surface area contributed by atoms with E-state index in [9.17, 15) is 8.78 Å². The Bertz CT molecular complexity index is 461. The van der Waals surface area contributed by atoms with Gasteiger partial charge in [0.2, 0.25) is 0 Å². The Morgan fingerprint density at radius 1 is 1.05 bits per heavy atom. The van der Waals surface area contributed by atoms with E-state index >= 15 is 0 Å². The number of allylic oxidation sites excluding steroid dienone is 2. The van der Waals surface area contributed by atoms with Crippen LogP contribution in [0.3, 0.4) is 0 Å². The van der Waals surface area contributed by atoms with Crippen molar-refractivity contribution in [1.29, 1.82) is 0 Å². The Balaban J connectivity index is 0.00000133. The Kier molecular flexibility index (Phi) is 5.54. The maximum Gasteiger partial charge on any atom is 0.126 e. The van der Waals surface area contributed by atoms with Gasteiger partial charge in [-0.2, -0.15) is 12.8 Å². The van der Waals surface area contributed by atoms with E-state index in [4.69, 9.17) is 0 Å². The third kappa shape index (κ3) is 3.64. The van der Waals surface area contributed by atoms with Gasteiger partial charge in [-0.25, -0.2) is 8.78 Å². The maximum absolute atomic E-state index is 13.2. The fourth-order valence-electron chi connectivity index (χ4n) is 3.27. The van der Waals surface area contributed by atoms with E-state index in [1.165, 1.54) is 31.4 Å². The zero-order valence-electron chi connectivity index (χ0n) is 10.9. The van der Waals surface area contributed by atoms with Crippen molar-refractivity contribution < 1.29 is 50.1 Å². The van der Waals surface area contributed by atoms with Crippen molar-refractivity contribution in [2.75, 3.05) is 0 Å². The van der Waals surface area contributed by atoms with E-state index in [0.29, 0.717) is 5.92 Å². The molecule has 1 fully saturated rings. The fourth-order valence-corrected chi connectivity index (χ4v) is 3.27. The van der Waals surface area contributed by atoms with Gasteiger partial charge < -0.3 is 6.42 Å². The minimum Gasteiger partial charge on any atom is -0.328 e. The molecule has 0 amide bonds. The van der Waals surface area contributed by atoms with Gasteiger partial charge in [0, 0.05) is 47.4 Å². The van der Waals surface area contributed by atoms with E-state index < -0.39 is 11.6 Å². The number of hydrogen-bond donors (Lipinski definition) is 0. The van der Waals surface area contributed by atoms with Crippen LogP contribution in [0, 0.1) is 71.2 Å². The molecule has 3 rings (SSSR count). The fraction of sp³-hybridized carbons (Fsp3) is 0.438. The third-order valence-corrected chi connectivity index (χ3v) is 4.21. The summed E-state index contributed by atoms with van der Waals surface area (Å²) in [4.78, 5) is 0. The van der Waals surface area contributed by atoms with Crippen molar-refractivity contribution >= 4 is 5.57 Å².